The number of ether oxygens (including phenoxy) is 1. The Morgan fingerprint density at radius 3 is 2.59 bits per heavy atom. The second kappa shape index (κ2) is 13.0. The number of allylic oxidation sites excluding steroid dienone is 4. The van der Waals surface area contributed by atoms with Gasteiger partial charge in [0.05, 0.1) is 17.3 Å². The van der Waals surface area contributed by atoms with Crippen molar-refractivity contribution in [3.63, 3.8) is 0 Å². The summed E-state index contributed by atoms with van der Waals surface area (Å²) in [5, 5.41) is 24.6. The van der Waals surface area contributed by atoms with E-state index in [0.29, 0.717) is 12.1 Å². The van der Waals surface area contributed by atoms with Crippen LogP contribution in [0.3, 0.4) is 0 Å². The van der Waals surface area contributed by atoms with Gasteiger partial charge >= 0.3 is 5.97 Å². The van der Waals surface area contributed by atoms with Gasteiger partial charge in [-0.2, -0.15) is 0 Å². The molecule has 2 heterocycles. The molecule has 1 amide bonds. The van der Waals surface area contributed by atoms with Crippen LogP contribution >= 0.6 is 11.6 Å². The number of rotatable bonds is 3. The Kier molecular flexibility index (Phi) is 9.82. The third kappa shape index (κ3) is 7.25. The minimum Gasteiger partial charge on any atom is -0.507 e. The maximum Gasteiger partial charge on any atom is 0.342 e. The first-order valence-corrected chi connectivity index (χ1v) is 12.0. The summed E-state index contributed by atoms with van der Waals surface area (Å²) in [5.41, 5.74) is 0.427. The number of aromatic hydroxyl groups is 2. The van der Waals surface area contributed by atoms with Crippen LogP contribution in [0.4, 0.5) is 0 Å². The molecule has 0 aliphatic carbocycles. The van der Waals surface area contributed by atoms with E-state index < -0.39 is 11.7 Å². The summed E-state index contributed by atoms with van der Waals surface area (Å²) >= 11 is 6.32. The molecule has 0 atom stereocenters. The predicted octanol–water partition coefficient (Wildman–Crippen LogP) is 4.52. The van der Waals surface area contributed by atoms with Crippen molar-refractivity contribution >= 4 is 29.2 Å². The Morgan fingerprint density at radius 1 is 1.06 bits per heavy atom. The molecule has 1 fully saturated rings. The van der Waals surface area contributed by atoms with E-state index in [0.717, 1.165) is 57.7 Å². The lowest BCUT2D eigenvalue weighted by atomic mass is 9.99. The number of esters is 1. The molecule has 0 radical (unpaired) electrons. The van der Waals surface area contributed by atoms with Crippen LogP contribution in [0.15, 0.2) is 35.5 Å². The second-order valence-electron chi connectivity index (χ2n) is 8.29. The van der Waals surface area contributed by atoms with E-state index in [9.17, 15) is 19.8 Å². The first kappa shape index (κ1) is 25.6. The number of piperidine rings is 1. The third-order valence-corrected chi connectivity index (χ3v) is 6.11. The standard InChI is InChI=1S/C25H31ClN2O6/c26-24-19-15-18(27-34-17-22(31)28-12-8-6-9-13-28)11-7-4-2-1-3-5-10-14-33-25(32)23(19)20(29)16-21(24)30/h1,3,7,11,16,29-30H,2,4-6,8-10,12-15,17H2/b3-1+,11-7+,27-18+. The van der Waals surface area contributed by atoms with Gasteiger partial charge in [0.1, 0.15) is 17.1 Å². The van der Waals surface area contributed by atoms with Crippen molar-refractivity contribution in [2.75, 3.05) is 26.3 Å². The number of amides is 1. The average molecular weight is 491 g/mol. The van der Waals surface area contributed by atoms with Crippen molar-refractivity contribution in [3.05, 3.63) is 46.5 Å². The Bertz CT molecular complexity index is 967. The molecule has 2 aliphatic heterocycles. The molecule has 1 aromatic rings. The van der Waals surface area contributed by atoms with Gasteiger partial charge in [-0.15, -0.1) is 0 Å². The van der Waals surface area contributed by atoms with Gasteiger partial charge in [-0.1, -0.05) is 35.0 Å². The van der Waals surface area contributed by atoms with Crippen LogP contribution in [0.5, 0.6) is 11.5 Å². The summed E-state index contributed by atoms with van der Waals surface area (Å²) in [7, 11) is 0. The normalized spacial score (nSPS) is 21.0. The first-order chi connectivity index (χ1) is 16.5. The van der Waals surface area contributed by atoms with Crippen molar-refractivity contribution in [3.8, 4) is 11.5 Å². The predicted molar refractivity (Wildman–Crippen MR) is 129 cm³/mol. The minimum absolute atomic E-state index is 0.0184. The number of hydrogen-bond acceptors (Lipinski definition) is 7. The highest BCUT2D eigenvalue weighted by atomic mass is 35.5. The summed E-state index contributed by atoms with van der Waals surface area (Å²) in [6.07, 6.45) is 13.8. The summed E-state index contributed by atoms with van der Waals surface area (Å²) in [6.45, 7) is 1.42. The molecule has 9 heteroatoms. The van der Waals surface area contributed by atoms with Gasteiger partial charge in [0.2, 0.25) is 0 Å². The number of cyclic esters (lactones) is 1. The number of carbonyl (C=O) groups is 2. The molecule has 0 saturated carbocycles. The molecule has 2 aliphatic rings. The van der Waals surface area contributed by atoms with Crippen molar-refractivity contribution in [1.29, 1.82) is 0 Å². The molecular weight excluding hydrogens is 460 g/mol. The van der Waals surface area contributed by atoms with Gasteiger partial charge in [0, 0.05) is 25.6 Å². The number of halogens is 1. The molecule has 0 unspecified atom stereocenters. The Balaban J connectivity index is 1.86. The van der Waals surface area contributed by atoms with Crippen LogP contribution in [-0.4, -0.2) is 59.0 Å². The number of phenols is 2. The molecular formula is C25H31ClN2O6. The lowest BCUT2D eigenvalue weighted by Gasteiger charge is -2.26. The average Bonchev–Trinajstić information content (AvgIpc) is 2.83. The zero-order valence-corrected chi connectivity index (χ0v) is 19.9. The summed E-state index contributed by atoms with van der Waals surface area (Å²) in [6, 6.07) is 1.01. The van der Waals surface area contributed by atoms with E-state index in [-0.39, 0.29) is 47.4 Å². The number of benzene rings is 1. The molecule has 0 bridgehead atoms. The summed E-state index contributed by atoms with van der Waals surface area (Å²) in [4.78, 5) is 32.3. The van der Waals surface area contributed by atoms with Crippen LogP contribution in [0.1, 0.15) is 60.9 Å². The molecule has 3 rings (SSSR count). The SMILES string of the molecule is O=C1OCCC/C=C/CC/C=C/C(=N\OCC(=O)N2CCCCC2)Cc2c(Cl)c(O)cc(O)c21. The van der Waals surface area contributed by atoms with Crippen LogP contribution in [-0.2, 0) is 20.8 Å². The van der Waals surface area contributed by atoms with Gasteiger partial charge in [0.25, 0.3) is 5.91 Å². The van der Waals surface area contributed by atoms with Gasteiger partial charge < -0.3 is 24.7 Å². The number of likely N-dealkylation sites (tertiary alicyclic amines) is 1. The topological polar surface area (TPSA) is 109 Å². The van der Waals surface area contributed by atoms with Crippen LogP contribution in [0.2, 0.25) is 5.02 Å². The van der Waals surface area contributed by atoms with Gasteiger partial charge in [-0.3, -0.25) is 4.79 Å². The molecule has 0 aromatic heterocycles. The number of carbonyl (C=O) groups excluding carboxylic acids is 2. The highest BCUT2D eigenvalue weighted by Gasteiger charge is 2.24. The van der Waals surface area contributed by atoms with Crippen LogP contribution < -0.4 is 0 Å². The van der Waals surface area contributed by atoms with Crippen molar-refractivity contribution in [1.82, 2.24) is 4.90 Å². The van der Waals surface area contributed by atoms with E-state index in [1.54, 1.807) is 11.0 Å². The number of oxime groups is 1. The first-order valence-electron chi connectivity index (χ1n) is 11.7. The monoisotopic (exact) mass is 490 g/mol. The quantitative estimate of drug-likeness (QED) is 0.366. The molecule has 1 saturated heterocycles. The minimum atomic E-state index is -0.738. The fourth-order valence-corrected chi connectivity index (χ4v) is 4.09. The molecule has 2 N–H and O–H groups in total. The number of nitrogens with zero attached hydrogens (tertiary/aromatic N) is 2. The highest BCUT2D eigenvalue weighted by Crippen LogP contribution is 2.37. The van der Waals surface area contributed by atoms with Gasteiger partial charge in [-0.05, 0) is 56.6 Å². The van der Waals surface area contributed by atoms with E-state index in [2.05, 4.69) is 11.2 Å². The summed E-state index contributed by atoms with van der Waals surface area (Å²) < 4.78 is 5.32. The number of fused-ring (bicyclic) bond motifs is 1. The Labute approximate surface area is 204 Å². The maximum atomic E-state index is 12.7. The van der Waals surface area contributed by atoms with E-state index in [1.165, 1.54) is 0 Å². The van der Waals surface area contributed by atoms with E-state index in [4.69, 9.17) is 21.2 Å². The van der Waals surface area contributed by atoms with E-state index >= 15 is 0 Å². The van der Waals surface area contributed by atoms with Crippen molar-refractivity contribution in [2.24, 2.45) is 5.16 Å². The van der Waals surface area contributed by atoms with Gasteiger partial charge in [0.15, 0.2) is 6.61 Å². The van der Waals surface area contributed by atoms with Crippen LogP contribution in [0, 0.1) is 0 Å². The molecule has 0 spiro atoms. The molecule has 1 aromatic carbocycles. The summed E-state index contributed by atoms with van der Waals surface area (Å²) in [5.74, 6) is -1.67. The maximum absolute atomic E-state index is 12.7. The van der Waals surface area contributed by atoms with Crippen LogP contribution in [0.25, 0.3) is 0 Å². The fraction of sp³-hybridized carbons (Fsp3) is 0.480. The smallest absolute Gasteiger partial charge is 0.342 e. The van der Waals surface area contributed by atoms with Crippen molar-refractivity contribution in [2.45, 2.75) is 51.4 Å². The fourth-order valence-electron chi connectivity index (χ4n) is 3.87. The molecule has 34 heavy (non-hydrogen) atoms. The number of phenolic OH excluding ortho intramolecular Hbond substituents is 2. The van der Waals surface area contributed by atoms with E-state index in [1.807, 2.05) is 12.2 Å². The zero-order valence-electron chi connectivity index (χ0n) is 19.2. The lowest BCUT2D eigenvalue weighted by molar-refractivity contribution is -0.137. The Hall–Kier alpha value is -3.00. The zero-order chi connectivity index (χ0) is 24.3. The molecule has 8 nitrogen and oxygen atoms in total. The molecule has 184 valence electrons. The number of hydrogen-bond donors (Lipinski definition) is 2. The van der Waals surface area contributed by atoms with Gasteiger partial charge in [-0.25, -0.2) is 4.79 Å². The van der Waals surface area contributed by atoms with Crippen molar-refractivity contribution < 1.29 is 29.4 Å². The highest BCUT2D eigenvalue weighted by molar-refractivity contribution is 6.33. The third-order valence-electron chi connectivity index (χ3n) is 5.69. The Morgan fingerprint density at radius 2 is 1.79 bits per heavy atom. The largest absolute Gasteiger partial charge is 0.507 e. The lowest BCUT2D eigenvalue weighted by Crippen LogP contribution is -2.37. The second-order valence-corrected chi connectivity index (χ2v) is 8.66.